The molecule has 0 saturated heterocycles. The van der Waals surface area contributed by atoms with Crippen molar-refractivity contribution < 1.29 is 9.84 Å². The highest BCUT2D eigenvalue weighted by Gasteiger charge is 2.29. The Bertz CT molecular complexity index is 777. The van der Waals surface area contributed by atoms with Gasteiger partial charge in [-0.25, -0.2) is 0 Å². The molecule has 0 fully saturated rings. The summed E-state index contributed by atoms with van der Waals surface area (Å²) in [6, 6.07) is 25.7. The van der Waals surface area contributed by atoms with Crippen LogP contribution in [-0.4, -0.2) is 12.2 Å². The molecule has 0 amide bonds. The van der Waals surface area contributed by atoms with Gasteiger partial charge in [-0.3, -0.25) is 0 Å². The molecule has 0 heterocycles. The lowest BCUT2D eigenvalue weighted by molar-refractivity contribution is 0.0990. The zero-order valence-corrected chi connectivity index (χ0v) is 13.4. The van der Waals surface area contributed by atoms with Crippen molar-refractivity contribution in [1.29, 1.82) is 0 Å². The normalized spacial score (nSPS) is 13.3. The Kier molecular flexibility index (Phi) is 4.18. The van der Waals surface area contributed by atoms with E-state index in [1.807, 2.05) is 66.7 Å². The maximum absolute atomic E-state index is 11.2. The van der Waals surface area contributed by atoms with Crippen molar-refractivity contribution in [2.75, 3.05) is 7.11 Å². The number of methoxy groups -OCH3 is 1. The van der Waals surface area contributed by atoms with Gasteiger partial charge in [0.1, 0.15) is 11.4 Å². The summed E-state index contributed by atoms with van der Waals surface area (Å²) in [5.41, 5.74) is 2.63. The van der Waals surface area contributed by atoms with Gasteiger partial charge in [-0.15, -0.1) is 0 Å². The first kappa shape index (κ1) is 15.3. The van der Waals surface area contributed by atoms with Crippen molar-refractivity contribution in [3.05, 3.63) is 90.0 Å². The highest BCUT2D eigenvalue weighted by atomic mass is 16.5. The SMILES string of the molecule is COc1ccc(-c2ccccc2)cc1C(C)(O)c1ccccc1. The maximum atomic E-state index is 11.2. The highest BCUT2D eigenvalue weighted by molar-refractivity contribution is 5.66. The zero-order valence-electron chi connectivity index (χ0n) is 13.4. The summed E-state index contributed by atoms with van der Waals surface area (Å²) in [6.07, 6.45) is 0. The summed E-state index contributed by atoms with van der Waals surface area (Å²) in [5.74, 6) is 0.679. The van der Waals surface area contributed by atoms with E-state index in [1.54, 1.807) is 14.0 Å². The van der Waals surface area contributed by atoms with Crippen molar-refractivity contribution in [2.45, 2.75) is 12.5 Å². The van der Waals surface area contributed by atoms with E-state index in [0.29, 0.717) is 5.75 Å². The van der Waals surface area contributed by atoms with Crippen molar-refractivity contribution in [1.82, 2.24) is 0 Å². The first-order valence-corrected chi connectivity index (χ1v) is 7.65. The van der Waals surface area contributed by atoms with Crippen LogP contribution in [-0.2, 0) is 5.60 Å². The predicted molar refractivity (Wildman–Crippen MR) is 93.5 cm³/mol. The van der Waals surface area contributed by atoms with Gasteiger partial charge >= 0.3 is 0 Å². The second-order valence-corrected chi connectivity index (χ2v) is 5.72. The van der Waals surface area contributed by atoms with Crippen LogP contribution >= 0.6 is 0 Å². The minimum Gasteiger partial charge on any atom is -0.496 e. The second kappa shape index (κ2) is 6.27. The quantitative estimate of drug-likeness (QED) is 0.762. The lowest BCUT2D eigenvalue weighted by atomic mass is 9.86. The van der Waals surface area contributed by atoms with Crippen LogP contribution in [0.3, 0.4) is 0 Å². The van der Waals surface area contributed by atoms with Crippen molar-refractivity contribution in [3.63, 3.8) is 0 Å². The summed E-state index contributed by atoms with van der Waals surface area (Å²) in [5, 5.41) is 11.2. The molecule has 0 saturated carbocycles. The van der Waals surface area contributed by atoms with E-state index >= 15 is 0 Å². The van der Waals surface area contributed by atoms with Gasteiger partial charge in [-0.2, -0.15) is 0 Å². The fourth-order valence-electron chi connectivity index (χ4n) is 2.82. The lowest BCUT2D eigenvalue weighted by Crippen LogP contribution is -2.23. The molecule has 3 aromatic rings. The van der Waals surface area contributed by atoms with Crippen molar-refractivity contribution >= 4 is 0 Å². The summed E-state index contributed by atoms with van der Waals surface area (Å²) in [6.45, 7) is 1.80. The molecule has 3 rings (SSSR count). The van der Waals surface area contributed by atoms with E-state index in [1.165, 1.54) is 0 Å². The number of benzene rings is 3. The number of rotatable bonds is 4. The standard InChI is InChI=1S/C21H20O2/c1-21(22,18-11-7-4-8-12-18)19-15-17(13-14-20(19)23-2)16-9-5-3-6-10-16/h3-15,22H,1-2H3. The molecule has 0 aliphatic carbocycles. The number of hydrogen-bond donors (Lipinski definition) is 1. The Labute approximate surface area is 137 Å². The first-order valence-electron chi connectivity index (χ1n) is 7.65. The number of ether oxygens (including phenoxy) is 1. The van der Waals surface area contributed by atoms with Gasteiger partial charge in [0, 0.05) is 5.56 Å². The Morgan fingerprint density at radius 1 is 0.783 bits per heavy atom. The molecule has 0 aromatic heterocycles. The molecule has 2 nitrogen and oxygen atoms in total. The van der Waals surface area contributed by atoms with Crippen LogP contribution in [0.5, 0.6) is 5.75 Å². The monoisotopic (exact) mass is 304 g/mol. The minimum absolute atomic E-state index is 0.679. The minimum atomic E-state index is -1.13. The van der Waals surface area contributed by atoms with Crippen LogP contribution in [0.15, 0.2) is 78.9 Å². The van der Waals surface area contributed by atoms with Crippen LogP contribution in [0.1, 0.15) is 18.1 Å². The molecule has 1 atom stereocenters. The molecule has 2 heteroatoms. The summed E-state index contributed by atoms with van der Waals surface area (Å²) in [4.78, 5) is 0. The molecule has 0 spiro atoms. The number of aliphatic hydroxyl groups is 1. The van der Waals surface area contributed by atoms with Crippen LogP contribution in [0.2, 0.25) is 0 Å². The van der Waals surface area contributed by atoms with Crippen LogP contribution in [0, 0.1) is 0 Å². The molecule has 1 unspecified atom stereocenters. The molecule has 116 valence electrons. The fraction of sp³-hybridized carbons (Fsp3) is 0.143. The third-order valence-electron chi connectivity index (χ3n) is 4.17. The predicted octanol–water partition coefficient (Wildman–Crippen LogP) is 4.62. The van der Waals surface area contributed by atoms with Gasteiger partial charge in [-0.1, -0.05) is 66.7 Å². The Morgan fingerprint density at radius 2 is 1.39 bits per heavy atom. The fourth-order valence-corrected chi connectivity index (χ4v) is 2.82. The Hall–Kier alpha value is -2.58. The van der Waals surface area contributed by atoms with Crippen molar-refractivity contribution in [2.24, 2.45) is 0 Å². The molecule has 23 heavy (non-hydrogen) atoms. The third-order valence-corrected chi connectivity index (χ3v) is 4.17. The van der Waals surface area contributed by atoms with Gasteiger partial charge in [-0.05, 0) is 35.7 Å². The summed E-state index contributed by atoms with van der Waals surface area (Å²) < 4.78 is 5.48. The average molecular weight is 304 g/mol. The van der Waals surface area contributed by atoms with Gasteiger partial charge in [0.2, 0.25) is 0 Å². The molecule has 0 radical (unpaired) electrons. The maximum Gasteiger partial charge on any atom is 0.125 e. The van der Waals surface area contributed by atoms with E-state index in [-0.39, 0.29) is 0 Å². The van der Waals surface area contributed by atoms with Crippen molar-refractivity contribution in [3.8, 4) is 16.9 Å². The van der Waals surface area contributed by atoms with Crippen LogP contribution in [0.25, 0.3) is 11.1 Å². The molecule has 3 aromatic carbocycles. The van der Waals surface area contributed by atoms with Gasteiger partial charge in [0.15, 0.2) is 0 Å². The van der Waals surface area contributed by atoms with Crippen LogP contribution in [0.4, 0.5) is 0 Å². The molecule has 0 aliphatic heterocycles. The second-order valence-electron chi connectivity index (χ2n) is 5.72. The highest BCUT2D eigenvalue weighted by Crippen LogP contribution is 2.37. The molecule has 1 N–H and O–H groups in total. The summed E-state index contributed by atoms with van der Waals surface area (Å²) in [7, 11) is 1.63. The molecular formula is C21H20O2. The smallest absolute Gasteiger partial charge is 0.125 e. The molecular weight excluding hydrogens is 284 g/mol. The van der Waals surface area contributed by atoms with Gasteiger partial charge in [0.25, 0.3) is 0 Å². The van der Waals surface area contributed by atoms with E-state index in [4.69, 9.17) is 4.74 Å². The van der Waals surface area contributed by atoms with E-state index in [9.17, 15) is 5.11 Å². The first-order chi connectivity index (χ1) is 11.1. The Morgan fingerprint density at radius 3 is 2.00 bits per heavy atom. The Balaban J connectivity index is 2.14. The van der Waals surface area contributed by atoms with Gasteiger partial charge in [0.05, 0.1) is 7.11 Å². The lowest BCUT2D eigenvalue weighted by Gasteiger charge is -2.27. The topological polar surface area (TPSA) is 29.5 Å². The van der Waals surface area contributed by atoms with E-state index in [2.05, 4.69) is 12.1 Å². The largest absolute Gasteiger partial charge is 0.496 e. The van der Waals surface area contributed by atoms with Crippen LogP contribution < -0.4 is 4.74 Å². The van der Waals surface area contributed by atoms with E-state index in [0.717, 1.165) is 22.3 Å². The van der Waals surface area contributed by atoms with Gasteiger partial charge < -0.3 is 9.84 Å². The average Bonchev–Trinajstić information content (AvgIpc) is 2.62. The van der Waals surface area contributed by atoms with E-state index < -0.39 is 5.60 Å². The third kappa shape index (κ3) is 2.99. The summed E-state index contributed by atoms with van der Waals surface area (Å²) >= 11 is 0. The molecule has 0 aliphatic rings. The zero-order chi connectivity index (χ0) is 16.3. The number of hydrogen-bond acceptors (Lipinski definition) is 2. The molecule has 0 bridgehead atoms.